The Morgan fingerprint density at radius 2 is 2.17 bits per heavy atom. The summed E-state index contributed by atoms with van der Waals surface area (Å²) in [5, 5.41) is 12.5. The first-order valence-corrected chi connectivity index (χ1v) is 6.75. The fourth-order valence-electron chi connectivity index (χ4n) is 1.73. The average molecular weight is 265 g/mol. The van der Waals surface area contributed by atoms with Crippen LogP contribution >= 0.6 is 11.3 Å². The van der Waals surface area contributed by atoms with E-state index in [2.05, 4.69) is 11.4 Å². The van der Waals surface area contributed by atoms with E-state index in [9.17, 15) is 4.79 Å². The van der Waals surface area contributed by atoms with E-state index in [0.29, 0.717) is 17.0 Å². The number of nitrogens with two attached hydrogens (primary N) is 1. The van der Waals surface area contributed by atoms with Gasteiger partial charge in [-0.15, -0.1) is 11.3 Å². The van der Waals surface area contributed by atoms with Gasteiger partial charge in [-0.25, -0.2) is 0 Å². The van der Waals surface area contributed by atoms with Crippen molar-refractivity contribution in [1.82, 2.24) is 0 Å². The van der Waals surface area contributed by atoms with Crippen molar-refractivity contribution in [2.75, 3.05) is 5.32 Å². The van der Waals surface area contributed by atoms with Crippen molar-refractivity contribution in [3.05, 3.63) is 16.0 Å². The van der Waals surface area contributed by atoms with E-state index in [1.807, 2.05) is 20.8 Å². The van der Waals surface area contributed by atoms with E-state index in [4.69, 9.17) is 11.0 Å². The zero-order chi connectivity index (χ0) is 13.9. The fourth-order valence-corrected chi connectivity index (χ4v) is 2.73. The molecule has 1 rings (SSSR count). The topological polar surface area (TPSA) is 78.9 Å². The number of amides is 1. The lowest BCUT2D eigenvalue weighted by molar-refractivity contribution is -0.120. The molecule has 0 aliphatic carbocycles. The quantitative estimate of drug-likeness (QED) is 0.878. The largest absolute Gasteiger partial charge is 0.318 e. The van der Waals surface area contributed by atoms with Crippen LogP contribution in [0, 0.1) is 25.2 Å². The van der Waals surface area contributed by atoms with Gasteiger partial charge in [0.25, 0.3) is 0 Å². The number of aryl methyl sites for hydroxylation is 1. The molecule has 1 aromatic heterocycles. The maximum atomic E-state index is 12.1. The number of anilines is 1. The lowest BCUT2D eigenvalue weighted by Gasteiger charge is -2.22. The highest BCUT2D eigenvalue weighted by molar-refractivity contribution is 7.16. The number of hydrogen-bond donors (Lipinski definition) is 2. The van der Waals surface area contributed by atoms with Gasteiger partial charge in [0.1, 0.15) is 11.1 Å². The summed E-state index contributed by atoms with van der Waals surface area (Å²) in [6, 6.07) is 2.13. The summed E-state index contributed by atoms with van der Waals surface area (Å²) in [6.07, 6.45) is 1.46. The normalized spacial score (nSPS) is 13.8. The number of thiophene rings is 1. The van der Waals surface area contributed by atoms with E-state index in [-0.39, 0.29) is 5.91 Å². The average Bonchev–Trinajstić information content (AvgIpc) is 2.54. The number of hydrogen-bond acceptors (Lipinski definition) is 4. The van der Waals surface area contributed by atoms with Gasteiger partial charge in [-0.05, 0) is 32.8 Å². The Bertz CT molecular complexity index is 497. The summed E-state index contributed by atoms with van der Waals surface area (Å²) < 4.78 is 0. The Balaban J connectivity index is 2.96. The van der Waals surface area contributed by atoms with Crippen molar-refractivity contribution < 1.29 is 4.79 Å². The lowest BCUT2D eigenvalue weighted by atomic mass is 9.96. The summed E-state index contributed by atoms with van der Waals surface area (Å²) >= 11 is 1.42. The summed E-state index contributed by atoms with van der Waals surface area (Å²) in [4.78, 5) is 13.1. The molecule has 18 heavy (non-hydrogen) atoms. The smallest absolute Gasteiger partial charge is 0.244 e. The second kappa shape index (κ2) is 5.51. The summed E-state index contributed by atoms with van der Waals surface area (Å²) in [6.45, 7) is 7.52. The molecule has 1 heterocycles. The molecule has 0 radical (unpaired) electrons. The van der Waals surface area contributed by atoms with Crippen LogP contribution < -0.4 is 11.1 Å². The molecule has 1 aromatic rings. The molecule has 0 aliphatic rings. The summed E-state index contributed by atoms with van der Waals surface area (Å²) in [5.74, 6) is -0.234. The van der Waals surface area contributed by atoms with E-state index >= 15 is 0 Å². The summed E-state index contributed by atoms with van der Waals surface area (Å²) in [5.41, 5.74) is 6.53. The van der Waals surface area contributed by atoms with Crippen LogP contribution in [0.15, 0.2) is 0 Å². The van der Waals surface area contributed by atoms with Crippen LogP contribution in [-0.2, 0) is 4.79 Å². The van der Waals surface area contributed by atoms with Crippen molar-refractivity contribution in [2.45, 2.75) is 46.1 Å². The van der Waals surface area contributed by atoms with Crippen LogP contribution in [0.1, 0.15) is 42.7 Å². The molecule has 3 N–H and O–H groups in total. The molecule has 1 atom stereocenters. The maximum Gasteiger partial charge on any atom is 0.244 e. The third kappa shape index (κ3) is 2.89. The molecule has 0 spiro atoms. The van der Waals surface area contributed by atoms with Crippen LogP contribution in [0.2, 0.25) is 0 Å². The van der Waals surface area contributed by atoms with Crippen molar-refractivity contribution in [1.29, 1.82) is 5.26 Å². The van der Waals surface area contributed by atoms with Crippen LogP contribution in [-0.4, -0.2) is 11.4 Å². The molecule has 4 nitrogen and oxygen atoms in total. The Kier molecular flexibility index (Phi) is 4.49. The Morgan fingerprint density at radius 3 is 2.67 bits per heavy atom. The van der Waals surface area contributed by atoms with Gasteiger partial charge in [-0.2, -0.15) is 5.26 Å². The molecule has 0 aromatic carbocycles. The minimum Gasteiger partial charge on any atom is -0.318 e. The van der Waals surface area contributed by atoms with Gasteiger partial charge in [-0.1, -0.05) is 13.3 Å². The van der Waals surface area contributed by atoms with Crippen LogP contribution in [0.4, 0.5) is 5.00 Å². The van der Waals surface area contributed by atoms with Crippen molar-refractivity contribution in [3.8, 4) is 6.07 Å². The zero-order valence-electron chi connectivity index (χ0n) is 11.3. The van der Waals surface area contributed by atoms with Gasteiger partial charge in [0, 0.05) is 4.88 Å². The second-order valence-corrected chi connectivity index (χ2v) is 5.95. The standard InChI is InChI=1S/C13H19N3OS/c1-5-6-13(4,15)12(17)16-11-10(7-14)8(2)9(3)18-11/h5-6,15H2,1-4H3,(H,16,17). The van der Waals surface area contributed by atoms with Crippen molar-refractivity contribution in [3.63, 3.8) is 0 Å². The maximum absolute atomic E-state index is 12.1. The van der Waals surface area contributed by atoms with Gasteiger partial charge in [0.2, 0.25) is 5.91 Å². The number of nitrogens with zero attached hydrogens (tertiary/aromatic N) is 1. The Hall–Kier alpha value is -1.38. The molecule has 1 amide bonds. The molecule has 0 bridgehead atoms. The SMILES string of the molecule is CCCC(C)(N)C(=O)Nc1sc(C)c(C)c1C#N. The monoisotopic (exact) mass is 265 g/mol. The highest BCUT2D eigenvalue weighted by Crippen LogP contribution is 2.32. The Morgan fingerprint density at radius 1 is 1.56 bits per heavy atom. The van der Waals surface area contributed by atoms with Crippen LogP contribution in [0.25, 0.3) is 0 Å². The Labute approximate surface area is 112 Å². The highest BCUT2D eigenvalue weighted by Gasteiger charge is 2.28. The zero-order valence-corrected chi connectivity index (χ0v) is 12.1. The third-order valence-corrected chi connectivity index (χ3v) is 4.13. The minimum absolute atomic E-state index is 0.234. The first-order valence-electron chi connectivity index (χ1n) is 5.94. The number of nitrogens with one attached hydrogen (secondary N) is 1. The molecule has 0 aliphatic heterocycles. The first-order chi connectivity index (χ1) is 8.33. The number of carbonyl (C=O) groups is 1. The van der Waals surface area contributed by atoms with Crippen LogP contribution in [0.5, 0.6) is 0 Å². The van der Waals surface area contributed by atoms with E-state index < -0.39 is 5.54 Å². The molecule has 0 saturated carbocycles. The molecular weight excluding hydrogens is 246 g/mol. The van der Waals surface area contributed by atoms with Crippen LogP contribution in [0.3, 0.4) is 0 Å². The fraction of sp³-hybridized carbons (Fsp3) is 0.538. The molecule has 5 heteroatoms. The molecule has 1 unspecified atom stereocenters. The van der Waals surface area contributed by atoms with Gasteiger partial charge < -0.3 is 11.1 Å². The number of rotatable bonds is 4. The third-order valence-electron chi connectivity index (χ3n) is 3.01. The molecule has 0 saturated heterocycles. The predicted octanol–water partition coefficient (Wildman–Crippen LogP) is 2.69. The highest BCUT2D eigenvalue weighted by atomic mass is 32.1. The second-order valence-electron chi connectivity index (χ2n) is 4.72. The summed E-state index contributed by atoms with van der Waals surface area (Å²) in [7, 11) is 0. The predicted molar refractivity (Wildman–Crippen MR) is 74.6 cm³/mol. The van der Waals surface area contributed by atoms with Crippen molar-refractivity contribution >= 4 is 22.2 Å². The van der Waals surface area contributed by atoms with E-state index in [1.165, 1.54) is 11.3 Å². The first kappa shape index (κ1) is 14.7. The van der Waals surface area contributed by atoms with Crippen molar-refractivity contribution in [2.24, 2.45) is 5.73 Å². The van der Waals surface area contributed by atoms with Gasteiger partial charge in [-0.3, -0.25) is 4.79 Å². The van der Waals surface area contributed by atoms with Gasteiger partial charge in [0.05, 0.1) is 11.1 Å². The number of carbonyl (C=O) groups excluding carboxylic acids is 1. The van der Waals surface area contributed by atoms with Gasteiger partial charge in [0.15, 0.2) is 0 Å². The van der Waals surface area contributed by atoms with E-state index in [0.717, 1.165) is 16.9 Å². The lowest BCUT2D eigenvalue weighted by Crippen LogP contribution is -2.48. The van der Waals surface area contributed by atoms with Gasteiger partial charge >= 0.3 is 0 Å². The van der Waals surface area contributed by atoms with E-state index in [1.54, 1.807) is 6.92 Å². The molecule has 98 valence electrons. The number of nitriles is 1. The minimum atomic E-state index is -0.896. The molecule has 0 fully saturated rings. The molecular formula is C13H19N3OS.